The Kier molecular flexibility index (Phi) is 10.1. The third-order valence-corrected chi connectivity index (χ3v) is 15.2. The first-order chi connectivity index (χ1) is 21.1. The van der Waals surface area contributed by atoms with Gasteiger partial charge in [0, 0.05) is 24.5 Å². The number of aliphatic hydroxyl groups is 1. The predicted octanol–water partition coefficient (Wildman–Crippen LogP) is 7.78. The van der Waals surface area contributed by atoms with E-state index >= 15 is 0 Å². The summed E-state index contributed by atoms with van der Waals surface area (Å²) in [6.07, 6.45) is 7.23. The Morgan fingerprint density at radius 2 is 1.70 bits per heavy atom. The minimum absolute atomic E-state index is 0.104. The Bertz CT molecular complexity index is 1190. The number of esters is 1. The van der Waals surface area contributed by atoms with E-state index in [9.17, 15) is 19.8 Å². The molecule has 4 N–H and O–H groups in total. The van der Waals surface area contributed by atoms with Crippen molar-refractivity contribution in [3.8, 4) is 0 Å². The van der Waals surface area contributed by atoms with Crippen molar-refractivity contribution in [1.82, 2.24) is 0 Å². The highest BCUT2D eigenvalue weighted by Gasteiger charge is 2.71. The molecule has 1 unspecified atom stereocenters. The molecule has 46 heavy (non-hydrogen) atoms. The molecule has 0 radical (unpaired) electrons. The Hall–Kier alpha value is -1.44. The zero-order valence-electron chi connectivity index (χ0n) is 31.2. The van der Waals surface area contributed by atoms with Gasteiger partial charge in [0.2, 0.25) is 0 Å². The van der Waals surface area contributed by atoms with Crippen molar-refractivity contribution in [2.75, 3.05) is 6.61 Å². The van der Waals surface area contributed by atoms with Crippen LogP contribution in [-0.4, -0.2) is 52.6 Å². The van der Waals surface area contributed by atoms with Gasteiger partial charge in [-0.25, -0.2) is 0 Å². The van der Waals surface area contributed by atoms with Gasteiger partial charge in [-0.2, -0.15) is 0 Å². The van der Waals surface area contributed by atoms with Crippen LogP contribution < -0.4 is 5.73 Å². The van der Waals surface area contributed by atoms with Crippen molar-refractivity contribution in [3.63, 3.8) is 0 Å². The zero-order chi connectivity index (χ0) is 34.8. The standard InChI is InChI=1S/C39H67NO6/c1-13-35(9,40)20-21-45-32-29(46-26(6)42)22-39(25(5)41)28-16-17-38(12)31(33(43)44)36(10,24(4)23(2)3)18-19-37(38,11)27(28)14-15-30(39)34(32,7)8/h16,23-25,27,29-32,41H,13-15,17-22,40H2,1-12H3,(H,43,44)/t24-,25+,27+,29-,30+,31-,32+,35?,36-,37-,38+,39+/m1/s1. The number of allylic oxidation sites excluding steroid dienone is 1. The first-order valence-electron chi connectivity index (χ1n) is 18.3. The number of hydrogen-bond donors (Lipinski definition) is 3. The highest BCUT2D eigenvalue weighted by Crippen LogP contribution is 2.74. The van der Waals surface area contributed by atoms with E-state index in [4.69, 9.17) is 15.2 Å². The van der Waals surface area contributed by atoms with Gasteiger partial charge in [-0.3, -0.25) is 9.59 Å². The van der Waals surface area contributed by atoms with Crippen molar-refractivity contribution in [3.05, 3.63) is 11.6 Å². The molecule has 12 atom stereocenters. The molecular formula is C39H67NO6. The van der Waals surface area contributed by atoms with Crippen LogP contribution in [0.25, 0.3) is 0 Å². The second kappa shape index (κ2) is 12.5. The van der Waals surface area contributed by atoms with E-state index in [2.05, 4.69) is 68.4 Å². The molecule has 0 aromatic rings. The van der Waals surface area contributed by atoms with Crippen LogP contribution in [0.15, 0.2) is 11.6 Å². The summed E-state index contributed by atoms with van der Waals surface area (Å²) in [5, 5.41) is 22.9. The molecular weight excluding hydrogens is 578 g/mol. The monoisotopic (exact) mass is 645 g/mol. The van der Waals surface area contributed by atoms with Crippen molar-refractivity contribution in [2.45, 2.75) is 158 Å². The summed E-state index contributed by atoms with van der Waals surface area (Å²) < 4.78 is 12.8. The normalized spacial score (nSPS) is 42.8. The highest BCUT2D eigenvalue weighted by molar-refractivity contribution is 5.73. The number of carboxylic acid groups (broad SMARTS) is 1. The summed E-state index contributed by atoms with van der Waals surface area (Å²) in [5.41, 5.74) is 5.41. The van der Waals surface area contributed by atoms with Gasteiger partial charge in [-0.15, -0.1) is 0 Å². The second-order valence-electron chi connectivity index (χ2n) is 18.1. The summed E-state index contributed by atoms with van der Waals surface area (Å²) in [7, 11) is 0. The average molecular weight is 646 g/mol. The van der Waals surface area contributed by atoms with Gasteiger partial charge in [0.15, 0.2) is 0 Å². The maximum atomic E-state index is 13.4. The number of aliphatic carboxylic acids is 1. The SMILES string of the molecule is CCC(C)(N)CCO[C@H]1[C@H](OC(C)=O)C[C@]2([C@H](C)O)C3=CC[C@@]4(C)[C@H](C(=O)O)[C@@](C)([C@H](C)C(C)C)CC[C@]4(C)[C@H]3CC[C@H]2C1(C)C. The van der Waals surface area contributed by atoms with Crippen LogP contribution >= 0.6 is 0 Å². The minimum atomic E-state index is -0.676. The van der Waals surface area contributed by atoms with Gasteiger partial charge >= 0.3 is 11.9 Å². The van der Waals surface area contributed by atoms with Crippen LogP contribution in [0, 0.1) is 56.7 Å². The third kappa shape index (κ3) is 5.60. The van der Waals surface area contributed by atoms with E-state index in [-0.39, 0.29) is 46.2 Å². The molecule has 0 bridgehead atoms. The first kappa shape index (κ1) is 37.4. The number of hydrogen-bond acceptors (Lipinski definition) is 6. The fourth-order valence-corrected chi connectivity index (χ4v) is 11.7. The lowest BCUT2D eigenvalue weighted by Gasteiger charge is -2.70. The number of fused-ring (bicyclic) bond motifs is 5. The van der Waals surface area contributed by atoms with Gasteiger partial charge in [0.1, 0.15) is 6.10 Å². The van der Waals surface area contributed by atoms with Gasteiger partial charge < -0.3 is 25.4 Å². The lowest BCUT2D eigenvalue weighted by atomic mass is 9.34. The van der Waals surface area contributed by atoms with Crippen LogP contribution in [0.3, 0.4) is 0 Å². The summed E-state index contributed by atoms with van der Waals surface area (Å²) in [6, 6.07) is 0. The smallest absolute Gasteiger partial charge is 0.307 e. The summed E-state index contributed by atoms with van der Waals surface area (Å²) in [6.45, 7) is 26.0. The molecule has 3 saturated carbocycles. The maximum absolute atomic E-state index is 13.4. The maximum Gasteiger partial charge on any atom is 0.307 e. The Labute approximate surface area is 279 Å². The molecule has 0 aliphatic heterocycles. The topological polar surface area (TPSA) is 119 Å². The number of aliphatic hydroxyl groups excluding tert-OH is 1. The van der Waals surface area contributed by atoms with Gasteiger partial charge in [0.25, 0.3) is 0 Å². The molecule has 264 valence electrons. The largest absolute Gasteiger partial charge is 0.481 e. The molecule has 4 aliphatic rings. The molecule has 0 amide bonds. The molecule has 4 rings (SSSR count). The van der Waals surface area contributed by atoms with Crippen LogP contribution in [0.5, 0.6) is 0 Å². The number of carbonyl (C=O) groups is 2. The molecule has 0 saturated heterocycles. The van der Waals surface area contributed by atoms with E-state index < -0.39 is 40.3 Å². The third-order valence-electron chi connectivity index (χ3n) is 15.2. The van der Waals surface area contributed by atoms with Gasteiger partial charge in [0.05, 0.1) is 18.1 Å². The highest BCUT2D eigenvalue weighted by atomic mass is 16.6. The average Bonchev–Trinajstić information content (AvgIpc) is 2.94. The van der Waals surface area contributed by atoms with Crippen LogP contribution in [0.2, 0.25) is 0 Å². The molecule has 0 aromatic heterocycles. The van der Waals surface area contributed by atoms with Crippen molar-refractivity contribution >= 4 is 11.9 Å². The number of nitrogens with two attached hydrogens (primary N) is 1. The molecule has 7 nitrogen and oxygen atoms in total. The van der Waals surface area contributed by atoms with Crippen LogP contribution in [0.1, 0.15) is 134 Å². The molecule has 0 spiro atoms. The van der Waals surface area contributed by atoms with E-state index in [1.54, 1.807) is 0 Å². The van der Waals surface area contributed by atoms with E-state index in [0.29, 0.717) is 31.8 Å². The summed E-state index contributed by atoms with van der Waals surface area (Å²) >= 11 is 0. The fourth-order valence-electron chi connectivity index (χ4n) is 11.7. The minimum Gasteiger partial charge on any atom is -0.481 e. The molecule has 0 aromatic carbocycles. The van der Waals surface area contributed by atoms with Gasteiger partial charge in [-0.1, -0.05) is 74.0 Å². The number of carbonyl (C=O) groups excluding carboxylic acids is 1. The number of carboxylic acids is 1. The fraction of sp³-hybridized carbons (Fsp3) is 0.897. The first-order valence-corrected chi connectivity index (χ1v) is 18.3. The lowest BCUT2D eigenvalue weighted by molar-refractivity contribution is -0.232. The molecule has 0 heterocycles. The number of rotatable bonds is 10. The van der Waals surface area contributed by atoms with E-state index in [1.165, 1.54) is 12.5 Å². The van der Waals surface area contributed by atoms with Crippen LogP contribution in [0.4, 0.5) is 0 Å². The van der Waals surface area contributed by atoms with E-state index in [0.717, 1.165) is 32.1 Å². The Morgan fingerprint density at radius 1 is 1.07 bits per heavy atom. The van der Waals surface area contributed by atoms with Crippen molar-refractivity contribution in [1.29, 1.82) is 0 Å². The second-order valence-corrected chi connectivity index (χ2v) is 18.1. The quantitative estimate of drug-likeness (QED) is 0.164. The molecule has 7 heteroatoms. The molecule has 3 fully saturated rings. The Morgan fingerprint density at radius 3 is 2.22 bits per heavy atom. The van der Waals surface area contributed by atoms with Gasteiger partial charge in [-0.05, 0) is 111 Å². The van der Waals surface area contributed by atoms with Crippen LogP contribution in [-0.2, 0) is 19.1 Å². The Balaban J connectivity index is 1.82. The molecule has 4 aliphatic carbocycles. The number of ether oxygens (including phenoxy) is 2. The summed E-state index contributed by atoms with van der Waals surface area (Å²) in [4.78, 5) is 25.9. The van der Waals surface area contributed by atoms with E-state index in [1.807, 2.05) is 13.8 Å². The predicted molar refractivity (Wildman–Crippen MR) is 183 cm³/mol. The lowest BCUT2D eigenvalue weighted by Crippen LogP contribution is -2.68. The van der Waals surface area contributed by atoms with Crippen molar-refractivity contribution in [2.24, 2.45) is 62.4 Å². The zero-order valence-corrected chi connectivity index (χ0v) is 31.2. The summed E-state index contributed by atoms with van der Waals surface area (Å²) in [5.74, 6) is -0.578. The van der Waals surface area contributed by atoms with Crippen molar-refractivity contribution < 1.29 is 29.3 Å².